The molecule has 0 unspecified atom stereocenters. The van der Waals surface area contributed by atoms with Crippen molar-refractivity contribution in [3.05, 3.63) is 64.7 Å². The number of nitrogens with zero attached hydrogens (tertiary/aromatic N) is 1. The lowest BCUT2D eigenvalue weighted by Crippen LogP contribution is -2.37. The van der Waals surface area contributed by atoms with E-state index in [-0.39, 0.29) is 11.8 Å². The van der Waals surface area contributed by atoms with E-state index in [1.165, 1.54) is 5.56 Å². The molecule has 1 fully saturated rings. The second-order valence-electron chi connectivity index (χ2n) is 8.08. The van der Waals surface area contributed by atoms with Gasteiger partial charge in [0.1, 0.15) is 0 Å². The van der Waals surface area contributed by atoms with Crippen LogP contribution in [-0.4, -0.2) is 35.8 Å². The standard InChI is InChI=1S/C24H31N3O2/c1-17-5-8-20(9-6-17)15-25-23(28)12-13-27(21-10-11-21)16-24(29)26-22-14-18(2)4-7-19(22)3/h4-9,14,21H,10-13,15-16H2,1-3H3,(H,25,28)(H,26,29). The number of hydrogen-bond acceptors (Lipinski definition) is 3. The quantitative estimate of drug-likeness (QED) is 0.683. The fourth-order valence-electron chi connectivity index (χ4n) is 3.32. The Bertz CT molecular complexity index is 857. The summed E-state index contributed by atoms with van der Waals surface area (Å²) in [5.74, 6) is -0.00294. The van der Waals surface area contributed by atoms with Crippen LogP contribution in [0.2, 0.25) is 0 Å². The lowest BCUT2D eigenvalue weighted by atomic mass is 10.1. The summed E-state index contributed by atoms with van der Waals surface area (Å²) in [6.07, 6.45) is 2.60. The maximum absolute atomic E-state index is 12.5. The normalized spacial score (nSPS) is 13.4. The fraction of sp³-hybridized carbons (Fsp3) is 0.417. The van der Waals surface area contributed by atoms with Gasteiger partial charge >= 0.3 is 0 Å². The summed E-state index contributed by atoms with van der Waals surface area (Å²) in [5.41, 5.74) is 5.34. The van der Waals surface area contributed by atoms with Crippen LogP contribution in [0.4, 0.5) is 5.69 Å². The first-order chi connectivity index (χ1) is 13.9. The van der Waals surface area contributed by atoms with E-state index in [9.17, 15) is 9.59 Å². The van der Waals surface area contributed by atoms with Crippen LogP contribution >= 0.6 is 0 Å². The molecule has 3 rings (SSSR count). The molecule has 2 aromatic carbocycles. The number of nitrogens with one attached hydrogen (secondary N) is 2. The molecular formula is C24H31N3O2. The van der Waals surface area contributed by atoms with Crippen molar-refractivity contribution in [3.63, 3.8) is 0 Å². The zero-order valence-electron chi connectivity index (χ0n) is 17.6. The maximum atomic E-state index is 12.5. The first-order valence-corrected chi connectivity index (χ1v) is 10.3. The van der Waals surface area contributed by atoms with Crippen molar-refractivity contribution in [2.24, 2.45) is 0 Å². The second kappa shape index (κ2) is 9.70. The molecule has 0 atom stereocenters. The number of benzene rings is 2. The number of aryl methyl sites for hydroxylation is 3. The number of anilines is 1. The maximum Gasteiger partial charge on any atom is 0.238 e. The van der Waals surface area contributed by atoms with Crippen LogP contribution in [0.1, 0.15) is 41.5 Å². The molecule has 0 radical (unpaired) electrons. The largest absolute Gasteiger partial charge is 0.352 e. The van der Waals surface area contributed by atoms with Gasteiger partial charge in [0.25, 0.3) is 0 Å². The zero-order valence-corrected chi connectivity index (χ0v) is 17.6. The van der Waals surface area contributed by atoms with Gasteiger partial charge in [0, 0.05) is 31.2 Å². The van der Waals surface area contributed by atoms with Crippen molar-refractivity contribution in [1.29, 1.82) is 0 Å². The van der Waals surface area contributed by atoms with Crippen LogP contribution in [-0.2, 0) is 16.1 Å². The number of carbonyl (C=O) groups excluding carboxylic acids is 2. The van der Waals surface area contributed by atoms with E-state index in [0.29, 0.717) is 32.1 Å². The average Bonchev–Trinajstić information content (AvgIpc) is 3.53. The minimum absolute atomic E-state index is 0.0196. The molecule has 29 heavy (non-hydrogen) atoms. The molecule has 0 aliphatic heterocycles. The smallest absolute Gasteiger partial charge is 0.238 e. The third-order valence-corrected chi connectivity index (χ3v) is 5.31. The molecule has 2 aromatic rings. The molecule has 0 spiro atoms. The van der Waals surface area contributed by atoms with Crippen LogP contribution in [0.5, 0.6) is 0 Å². The fourth-order valence-corrected chi connectivity index (χ4v) is 3.32. The SMILES string of the molecule is Cc1ccc(CNC(=O)CCN(CC(=O)Nc2cc(C)ccc2C)C2CC2)cc1. The van der Waals surface area contributed by atoms with Crippen LogP contribution < -0.4 is 10.6 Å². The first-order valence-electron chi connectivity index (χ1n) is 10.3. The zero-order chi connectivity index (χ0) is 20.8. The lowest BCUT2D eigenvalue weighted by Gasteiger charge is -2.21. The molecule has 2 N–H and O–H groups in total. The number of amides is 2. The van der Waals surface area contributed by atoms with Gasteiger partial charge in [-0.05, 0) is 56.4 Å². The van der Waals surface area contributed by atoms with Gasteiger partial charge in [0.15, 0.2) is 0 Å². The average molecular weight is 394 g/mol. The Morgan fingerprint density at radius 1 is 0.966 bits per heavy atom. The van der Waals surface area contributed by atoms with E-state index in [2.05, 4.69) is 15.5 Å². The molecule has 0 bridgehead atoms. The number of hydrogen-bond donors (Lipinski definition) is 2. The summed E-state index contributed by atoms with van der Waals surface area (Å²) in [5, 5.41) is 6.00. The molecular weight excluding hydrogens is 362 g/mol. The van der Waals surface area contributed by atoms with E-state index in [0.717, 1.165) is 35.2 Å². The third kappa shape index (κ3) is 6.71. The van der Waals surface area contributed by atoms with Crippen molar-refractivity contribution in [2.75, 3.05) is 18.4 Å². The van der Waals surface area contributed by atoms with E-state index < -0.39 is 0 Å². The van der Waals surface area contributed by atoms with Gasteiger partial charge in [-0.15, -0.1) is 0 Å². The Morgan fingerprint density at radius 2 is 1.66 bits per heavy atom. The number of carbonyl (C=O) groups is 2. The van der Waals surface area contributed by atoms with Gasteiger partial charge in [0.2, 0.25) is 11.8 Å². The highest BCUT2D eigenvalue weighted by molar-refractivity contribution is 5.93. The number of rotatable bonds is 9. The highest BCUT2D eigenvalue weighted by Crippen LogP contribution is 2.27. The first kappa shape index (κ1) is 21.1. The van der Waals surface area contributed by atoms with Crippen molar-refractivity contribution in [3.8, 4) is 0 Å². The minimum atomic E-state index is -0.0225. The van der Waals surface area contributed by atoms with Crippen molar-refractivity contribution < 1.29 is 9.59 Å². The molecule has 1 aliphatic carbocycles. The molecule has 5 heteroatoms. The van der Waals surface area contributed by atoms with Crippen molar-refractivity contribution in [1.82, 2.24) is 10.2 Å². The highest BCUT2D eigenvalue weighted by Gasteiger charge is 2.30. The lowest BCUT2D eigenvalue weighted by molar-refractivity contribution is -0.122. The van der Waals surface area contributed by atoms with Crippen molar-refractivity contribution >= 4 is 17.5 Å². The molecule has 154 valence electrons. The Labute approximate surface area is 173 Å². The van der Waals surface area contributed by atoms with Crippen LogP contribution in [0.25, 0.3) is 0 Å². The summed E-state index contributed by atoms with van der Waals surface area (Å²) >= 11 is 0. The Hall–Kier alpha value is -2.66. The molecule has 0 aromatic heterocycles. The van der Waals surface area contributed by atoms with Crippen LogP contribution in [0, 0.1) is 20.8 Å². The molecule has 2 amide bonds. The topological polar surface area (TPSA) is 61.4 Å². The van der Waals surface area contributed by atoms with Gasteiger partial charge in [-0.3, -0.25) is 14.5 Å². The van der Waals surface area contributed by atoms with Crippen molar-refractivity contribution in [2.45, 2.75) is 52.6 Å². The Morgan fingerprint density at radius 3 is 2.34 bits per heavy atom. The Balaban J connectivity index is 1.46. The summed E-state index contributed by atoms with van der Waals surface area (Å²) < 4.78 is 0. The summed E-state index contributed by atoms with van der Waals surface area (Å²) in [6.45, 7) is 7.52. The van der Waals surface area contributed by atoms with Gasteiger partial charge in [-0.25, -0.2) is 0 Å². The highest BCUT2D eigenvalue weighted by atomic mass is 16.2. The van der Waals surface area contributed by atoms with E-state index in [1.54, 1.807) is 0 Å². The predicted molar refractivity (Wildman–Crippen MR) is 117 cm³/mol. The third-order valence-electron chi connectivity index (χ3n) is 5.31. The van der Waals surface area contributed by atoms with Crippen LogP contribution in [0.15, 0.2) is 42.5 Å². The van der Waals surface area contributed by atoms with Gasteiger partial charge in [0.05, 0.1) is 6.54 Å². The molecule has 0 saturated heterocycles. The van der Waals surface area contributed by atoms with Gasteiger partial charge < -0.3 is 10.6 Å². The molecule has 5 nitrogen and oxygen atoms in total. The summed E-state index contributed by atoms with van der Waals surface area (Å²) in [6, 6.07) is 14.6. The van der Waals surface area contributed by atoms with Crippen LogP contribution in [0.3, 0.4) is 0 Å². The molecule has 1 saturated carbocycles. The van der Waals surface area contributed by atoms with E-state index in [4.69, 9.17) is 0 Å². The Kier molecular flexibility index (Phi) is 7.04. The summed E-state index contributed by atoms with van der Waals surface area (Å²) in [7, 11) is 0. The molecule has 0 heterocycles. The van der Waals surface area contributed by atoms with Gasteiger partial charge in [-0.1, -0.05) is 42.0 Å². The van der Waals surface area contributed by atoms with E-state index in [1.807, 2.05) is 63.2 Å². The summed E-state index contributed by atoms with van der Waals surface area (Å²) in [4.78, 5) is 26.9. The second-order valence-corrected chi connectivity index (χ2v) is 8.08. The van der Waals surface area contributed by atoms with Gasteiger partial charge in [-0.2, -0.15) is 0 Å². The minimum Gasteiger partial charge on any atom is -0.352 e. The monoisotopic (exact) mass is 393 g/mol. The van der Waals surface area contributed by atoms with E-state index >= 15 is 0 Å². The predicted octanol–water partition coefficient (Wildman–Crippen LogP) is 3.72. The molecule has 1 aliphatic rings.